The lowest BCUT2D eigenvalue weighted by molar-refractivity contribution is 0.414. The molecule has 1 atom stereocenters. The largest absolute Gasteiger partial charge is 0.497 e. The Hall–Kier alpha value is -2.54. The number of rotatable bonds is 8. The Bertz CT molecular complexity index is 749. The molecule has 0 saturated heterocycles. The van der Waals surface area contributed by atoms with E-state index in [2.05, 4.69) is 78.9 Å². The lowest BCUT2D eigenvalue weighted by Gasteiger charge is -2.18. The van der Waals surface area contributed by atoms with Crippen LogP contribution in [0.25, 0.3) is 0 Å². The summed E-state index contributed by atoms with van der Waals surface area (Å²) < 4.78 is 5.35. The third kappa shape index (κ3) is 5.22. The highest BCUT2D eigenvalue weighted by Crippen LogP contribution is 2.27. The van der Waals surface area contributed by atoms with Crippen LogP contribution in [0.1, 0.15) is 35.4 Å². The van der Waals surface area contributed by atoms with Gasteiger partial charge in [-0.25, -0.2) is 0 Å². The molecule has 3 aromatic carbocycles. The van der Waals surface area contributed by atoms with Gasteiger partial charge in [0.15, 0.2) is 0 Å². The highest BCUT2D eigenvalue weighted by molar-refractivity contribution is 5.29. The summed E-state index contributed by atoms with van der Waals surface area (Å²) >= 11 is 0. The van der Waals surface area contributed by atoms with Crippen LogP contribution in [0.3, 0.4) is 0 Å². The van der Waals surface area contributed by atoms with Gasteiger partial charge in [-0.3, -0.25) is 0 Å². The van der Waals surface area contributed by atoms with Gasteiger partial charge in [-0.2, -0.15) is 0 Å². The summed E-state index contributed by atoms with van der Waals surface area (Å²) in [6.07, 6.45) is 4.53. The van der Waals surface area contributed by atoms with Crippen molar-refractivity contribution in [3.8, 4) is 5.75 Å². The Morgan fingerprint density at radius 1 is 0.680 bits per heavy atom. The van der Waals surface area contributed by atoms with E-state index in [1.54, 1.807) is 7.11 Å². The summed E-state index contributed by atoms with van der Waals surface area (Å²) in [5, 5.41) is 0. The van der Waals surface area contributed by atoms with Crippen LogP contribution in [0.15, 0.2) is 84.9 Å². The fourth-order valence-corrected chi connectivity index (χ4v) is 3.36. The molecule has 128 valence electrons. The number of benzene rings is 3. The minimum atomic E-state index is 0.576. The van der Waals surface area contributed by atoms with Crippen molar-refractivity contribution in [2.75, 3.05) is 7.11 Å². The third-order valence-electron chi connectivity index (χ3n) is 4.81. The number of hydrogen-bond donors (Lipinski definition) is 0. The summed E-state index contributed by atoms with van der Waals surface area (Å²) in [5.41, 5.74) is 4.21. The molecule has 1 unspecified atom stereocenters. The molecule has 0 N–H and O–H groups in total. The Morgan fingerprint density at radius 2 is 1.28 bits per heavy atom. The maximum Gasteiger partial charge on any atom is 0.119 e. The average Bonchev–Trinajstić information content (AvgIpc) is 2.69. The van der Waals surface area contributed by atoms with Gasteiger partial charge in [-0.1, -0.05) is 72.8 Å². The molecule has 0 radical (unpaired) electrons. The summed E-state index contributed by atoms with van der Waals surface area (Å²) in [5.74, 6) is 1.52. The standard InChI is InChI=1S/C24H26O/c1-25-24-14-8-11-21(19-24)16-18-23(22-12-6-3-7-13-22)17-15-20-9-4-2-5-10-20/h2-14,19,23H,15-18H2,1H3. The molecule has 0 aliphatic heterocycles. The Labute approximate surface area is 151 Å². The predicted molar refractivity (Wildman–Crippen MR) is 105 cm³/mol. The molecule has 25 heavy (non-hydrogen) atoms. The first-order valence-corrected chi connectivity index (χ1v) is 9.07. The van der Waals surface area contributed by atoms with Gasteiger partial charge in [0.05, 0.1) is 7.11 Å². The molecule has 0 aliphatic rings. The lowest BCUT2D eigenvalue weighted by Crippen LogP contribution is -2.03. The molecule has 0 spiro atoms. The molecule has 3 aromatic rings. The minimum absolute atomic E-state index is 0.576. The van der Waals surface area contributed by atoms with Crippen molar-refractivity contribution in [1.82, 2.24) is 0 Å². The van der Waals surface area contributed by atoms with Crippen molar-refractivity contribution < 1.29 is 4.74 Å². The van der Waals surface area contributed by atoms with Gasteiger partial charge < -0.3 is 4.74 Å². The monoisotopic (exact) mass is 330 g/mol. The van der Waals surface area contributed by atoms with Crippen molar-refractivity contribution in [3.63, 3.8) is 0 Å². The quantitative estimate of drug-likeness (QED) is 0.489. The van der Waals surface area contributed by atoms with Gasteiger partial charge in [0.1, 0.15) is 5.75 Å². The molecule has 0 aliphatic carbocycles. The van der Waals surface area contributed by atoms with E-state index in [-0.39, 0.29) is 0 Å². The third-order valence-corrected chi connectivity index (χ3v) is 4.81. The van der Waals surface area contributed by atoms with E-state index < -0.39 is 0 Å². The molecular weight excluding hydrogens is 304 g/mol. The second kappa shape index (κ2) is 9.08. The number of ether oxygens (including phenoxy) is 1. The zero-order valence-electron chi connectivity index (χ0n) is 14.9. The van der Waals surface area contributed by atoms with E-state index in [0.717, 1.165) is 25.0 Å². The van der Waals surface area contributed by atoms with Gasteiger partial charge >= 0.3 is 0 Å². The predicted octanol–water partition coefficient (Wildman–Crippen LogP) is 6.04. The molecule has 0 saturated carbocycles. The van der Waals surface area contributed by atoms with E-state index >= 15 is 0 Å². The van der Waals surface area contributed by atoms with Crippen molar-refractivity contribution in [3.05, 3.63) is 102 Å². The van der Waals surface area contributed by atoms with Crippen LogP contribution in [-0.2, 0) is 12.8 Å². The first-order chi connectivity index (χ1) is 12.3. The van der Waals surface area contributed by atoms with Crippen LogP contribution in [0.2, 0.25) is 0 Å². The first kappa shape index (κ1) is 17.3. The van der Waals surface area contributed by atoms with Crippen molar-refractivity contribution in [2.45, 2.75) is 31.6 Å². The van der Waals surface area contributed by atoms with E-state index in [4.69, 9.17) is 4.74 Å². The summed E-state index contributed by atoms with van der Waals surface area (Å²) in [7, 11) is 1.73. The van der Waals surface area contributed by atoms with Crippen LogP contribution >= 0.6 is 0 Å². The number of methoxy groups -OCH3 is 1. The molecule has 0 amide bonds. The normalized spacial score (nSPS) is 11.9. The van der Waals surface area contributed by atoms with Crippen molar-refractivity contribution in [2.24, 2.45) is 0 Å². The van der Waals surface area contributed by atoms with Gasteiger partial charge in [0.2, 0.25) is 0 Å². The zero-order chi connectivity index (χ0) is 17.3. The molecule has 1 heteroatoms. The topological polar surface area (TPSA) is 9.23 Å². The molecule has 1 nitrogen and oxygen atoms in total. The first-order valence-electron chi connectivity index (χ1n) is 9.07. The molecule has 0 aromatic heterocycles. The van der Waals surface area contributed by atoms with E-state index in [1.165, 1.54) is 23.1 Å². The number of aryl methyl sites for hydroxylation is 2. The van der Waals surface area contributed by atoms with Crippen LogP contribution in [0.4, 0.5) is 0 Å². The average molecular weight is 330 g/mol. The van der Waals surface area contributed by atoms with Crippen LogP contribution in [0, 0.1) is 0 Å². The second-order valence-electron chi connectivity index (χ2n) is 6.52. The fraction of sp³-hybridized carbons (Fsp3) is 0.250. The fourth-order valence-electron chi connectivity index (χ4n) is 3.36. The summed E-state index contributed by atoms with van der Waals surface area (Å²) in [4.78, 5) is 0. The maximum atomic E-state index is 5.35. The Morgan fingerprint density at radius 3 is 1.96 bits per heavy atom. The smallest absolute Gasteiger partial charge is 0.119 e. The van der Waals surface area contributed by atoms with E-state index in [9.17, 15) is 0 Å². The maximum absolute atomic E-state index is 5.35. The lowest BCUT2D eigenvalue weighted by atomic mass is 9.87. The SMILES string of the molecule is COc1cccc(CCC(CCc2ccccc2)c2ccccc2)c1. The van der Waals surface area contributed by atoms with Crippen molar-refractivity contribution >= 4 is 0 Å². The highest BCUT2D eigenvalue weighted by atomic mass is 16.5. The van der Waals surface area contributed by atoms with Gasteiger partial charge in [-0.15, -0.1) is 0 Å². The van der Waals surface area contributed by atoms with Gasteiger partial charge in [0, 0.05) is 0 Å². The van der Waals surface area contributed by atoms with Crippen LogP contribution < -0.4 is 4.74 Å². The molecule has 0 heterocycles. The molecule has 3 rings (SSSR count). The molecule has 0 fully saturated rings. The van der Waals surface area contributed by atoms with Gasteiger partial charge in [-0.05, 0) is 60.4 Å². The summed E-state index contributed by atoms with van der Waals surface area (Å²) in [6, 6.07) is 30.2. The highest BCUT2D eigenvalue weighted by Gasteiger charge is 2.12. The van der Waals surface area contributed by atoms with Crippen molar-refractivity contribution in [1.29, 1.82) is 0 Å². The van der Waals surface area contributed by atoms with E-state index in [1.807, 2.05) is 6.07 Å². The number of hydrogen-bond acceptors (Lipinski definition) is 1. The zero-order valence-corrected chi connectivity index (χ0v) is 14.9. The van der Waals surface area contributed by atoms with Gasteiger partial charge in [0.25, 0.3) is 0 Å². The minimum Gasteiger partial charge on any atom is -0.497 e. The Kier molecular flexibility index (Phi) is 6.28. The van der Waals surface area contributed by atoms with Crippen LogP contribution in [0.5, 0.6) is 5.75 Å². The second-order valence-corrected chi connectivity index (χ2v) is 6.52. The molecule has 0 bridgehead atoms. The van der Waals surface area contributed by atoms with E-state index in [0.29, 0.717) is 5.92 Å². The summed E-state index contributed by atoms with van der Waals surface area (Å²) in [6.45, 7) is 0. The Balaban J connectivity index is 1.68. The van der Waals surface area contributed by atoms with Crippen LogP contribution in [-0.4, -0.2) is 7.11 Å². The molecular formula is C24H26O.